The van der Waals surface area contributed by atoms with E-state index in [4.69, 9.17) is 4.74 Å². The van der Waals surface area contributed by atoms with E-state index in [2.05, 4.69) is 10.6 Å². The second kappa shape index (κ2) is 9.93. The van der Waals surface area contributed by atoms with Crippen molar-refractivity contribution in [1.82, 2.24) is 10.2 Å². The molecule has 9 heteroatoms. The summed E-state index contributed by atoms with van der Waals surface area (Å²) in [6.45, 7) is -0.546. The van der Waals surface area contributed by atoms with Gasteiger partial charge in [-0.15, -0.1) is 0 Å². The van der Waals surface area contributed by atoms with Crippen LogP contribution in [0.3, 0.4) is 0 Å². The molecule has 0 aromatic heterocycles. The molecule has 2 fully saturated rings. The van der Waals surface area contributed by atoms with Crippen molar-refractivity contribution in [3.8, 4) is 0 Å². The molecule has 2 saturated carbocycles. The maximum atomic E-state index is 12.9. The summed E-state index contributed by atoms with van der Waals surface area (Å²) in [5, 5.41) is 5.49. The van der Waals surface area contributed by atoms with E-state index in [9.17, 15) is 24.0 Å². The molecule has 2 aromatic carbocycles. The Balaban J connectivity index is 1.18. The van der Waals surface area contributed by atoms with Crippen LogP contribution in [0.4, 0.5) is 5.69 Å². The number of ether oxygens (including phenoxy) is 1. The number of rotatable bonds is 7. The molecule has 0 unspecified atom stereocenters. The fourth-order valence-corrected chi connectivity index (χ4v) is 4.70. The van der Waals surface area contributed by atoms with Crippen LogP contribution < -0.4 is 10.6 Å². The maximum Gasteiger partial charge on any atom is 0.338 e. The van der Waals surface area contributed by atoms with Crippen LogP contribution in [-0.2, 0) is 9.53 Å². The van der Waals surface area contributed by atoms with Gasteiger partial charge < -0.3 is 15.4 Å². The lowest BCUT2D eigenvalue weighted by Gasteiger charge is -2.29. The van der Waals surface area contributed by atoms with Gasteiger partial charge in [0.1, 0.15) is 0 Å². The maximum absolute atomic E-state index is 12.9. The summed E-state index contributed by atoms with van der Waals surface area (Å²) in [5.41, 5.74) is 1.39. The third-order valence-corrected chi connectivity index (χ3v) is 6.75. The van der Waals surface area contributed by atoms with Gasteiger partial charge in [0, 0.05) is 23.3 Å². The van der Waals surface area contributed by atoms with Crippen LogP contribution in [0.25, 0.3) is 0 Å². The number of amides is 4. The van der Waals surface area contributed by atoms with Crippen molar-refractivity contribution in [2.45, 2.75) is 57.0 Å². The van der Waals surface area contributed by atoms with Crippen LogP contribution in [0.15, 0.2) is 42.5 Å². The molecular weight excluding hydrogens is 462 g/mol. The number of carbonyl (C=O) groups is 5. The van der Waals surface area contributed by atoms with E-state index in [1.165, 1.54) is 23.1 Å². The topological polar surface area (TPSA) is 122 Å². The normalized spacial score (nSPS) is 17.5. The van der Waals surface area contributed by atoms with Crippen molar-refractivity contribution in [3.63, 3.8) is 0 Å². The number of fused-ring (bicyclic) bond motifs is 1. The summed E-state index contributed by atoms with van der Waals surface area (Å²) in [6.07, 6.45) is 6.60. The summed E-state index contributed by atoms with van der Waals surface area (Å²) in [5.74, 6) is -2.26. The summed E-state index contributed by atoms with van der Waals surface area (Å²) < 4.78 is 5.13. The predicted octanol–water partition coefficient (Wildman–Crippen LogP) is 3.30. The van der Waals surface area contributed by atoms with Crippen molar-refractivity contribution in [2.75, 3.05) is 11.9 Å². The molecule has 36 heavy (non-hydrogen) atoms. The molecule has 2 N–H and O–H groups in total. The number of carbonyl (C=O) groups excluding carboxylic acids is 5. The second-order valence-corrected chi connectivity index (χ2v) is 9.49. The van der Waals surface area contributed by atoms with Gasteiger partial charge in [0.25, 0.3) is 23.6 Å². The molecule has 0 spiro atoms. The fraction of sp³-hybridized carbons (Fsp3) is 0.370. The van der Waals surface area contributed by atoms with Gasteiger partial charge in [0.2, 0.25) is 0 Å². The van der Waals surface area contributed by atoms with Gasteiger partial charge in [0.15, 0.2) is 6.61 Å². The molecule has 2 aromatic rings. The Labute approximate surface area is 208 Å². The van der Waals surface area contributed by atoms with Crippen LogP contribution in [0.1, 0.15) is 86.4 Å². The number of imide groups is 1. The van der Waals surface area contributed by atoms with Crippen LogP contribution in [-0.4, -0.2) is 53.2 Å². The quantitative estimate of drug-likeness (QED) is 0.455. The third-order valence-electron chi connectivity index (χ3n) is 6.75. The first-order valence-corrected chi connectivity index (χ1v) is 12.3. The Morgan fingerprint density at radius 3 is 2.36 bits per heavy atom. The fourth-order valence-electron chi connectivity index (χ4n) is 4.70. The summed E-state index contributed by atoms with van der Waals surface area (Å²) in [4.78, 5) is 64.2. The summed E-state index contributed by atoms with van der Waals surface area (Å²) in [7, 11) is 0. The van der Waals surface area contributed by atoms with Crippen LogP contribution in [0, 0.1) is 0 Å². The summed E-state index contributed by atoms with van der Waals surface area (Å²) in [6, 6.07) is 10.9. The minimum Gasteiger partial charge on any atom is -0.452 e. The average molecular weight is 490 g/mol. The molecule has 2 aliphatic carbocycles. The molecule has 1 heterocycles. The van der Waals surface area contributed by atoms with Crippen molar-refractivity contribution in [2.24, 2.45) is 0 Å². The highest BCUT2D eigenvalue weighted by Gasteiger charge is 2.40. The number of benzene rings is 2. The van der Waals surface area contributed by atoms with Crippen molar-refractivity contribution in [1.29, 1.82) is 0 Å². The van der Waals surface area contributed by atoms with Gasteiger partial charge in [-0.1, -0.05) is 25.3 Å². The van der Waals surface area contributed by atoms with Gasteiger partial charge in [-0.05, 0) is 62.1 Å². The molecule has 5 rings (SSSR count). The Hall–Kier alpha value is -4.01. The minimum absolute atomic E-state index is 0.0898. The van der Waals surface area contributed by atoms with Crippen molar-refractivity contribution in [3.05, 3.63) is 64.7 Å². The smallest absolute Gasteiger partial charge is 0.338 e. The van der Waals surface area contributed by atoms with E-state index in [1.54, 1.807) is 24.3 Å². The van der Waals surface area contributed by atoms with Gasteiger partial charge >= 0.3 is 5.97 Å². The Morgan fingerprint density at radius 2 is 1.61 bits per heavy atom. The monoisotopic (exact) mass is 489 g/mol. The number of anilines is 1. The van der Waals surface area contributed by atoms with E-state index in [1.807, 2.05) is 0 Å². The zero-order chi connectivity index (χ0) is 25.2. The van der Waals surface area contributed by atoms with Crippen LogP contribution in [0.2, 0.25) is 0 Å². The first-order chi connectivity index (χ1) is 17.4. The van der Waals surface area contributed by atoms with Crippen LogP contribution >= 0.6 is 0 Å². The van der Waals surface area contributed by atoms with E-state index in [0.717, 1.165) is 44.9 Å². The standard InChI is InChI=1S/C27H27N3O6/c31-23(28-19-6-4-5-16(13-19)24(32)29-18-10-11-18)15-36-27(35)17-9-12-21-22(14-17)26(34)30(25(21)33)20-7-2-1-3-8-20/h4-6,9,12-14,18,20H,1-3,7-8,10-11,15H2,(H,28,31)(H,29,32). The Kier molecular flexibility index (Phi) is 6.54. The first-order valence-electron chi connectivity index (χ1n) is 12.3. The van der Waals surface area contributed by atoms with Crippen molar-refractivity contribution < 1.29 is 28.7 Å². The molecule has 0 saturated heterocycles. The number of nitrogens with one attached hydrogen (secondary N) is 2. The Morgan fingerprint density at radius 1 is 0.861 bits per heavy atom. The number of esters is 1. The lowest BCUT2D eigenvalue weighted by atomic mass is 9.94. The highest BCUT2D eigenvalue weighted by molar-refractivity contribution is 6.22. The SMILES string of the molecule is O=C(COC(=O)c1ccc2c(c1)C(=O)N(C1CCCCC1)C2=O)Nc1cccc(C(=O)NC2CC2)c1. The average Bonchev–Trinajstić information content (AvgIpc) is 3.67. The molecule has 3 aliphatic rings. The van der Waals surface area contributed by atoms with E-state index in [0.29, 0.717) is 11.3 Å². The molecule has 0 bridgehead atoms. The van der Waals surface area contributed by atoms with E-state index < -0.39 is 18.5 Å². The summed E-state index contributed by atoms with van der Waals surface area (Å²) >= 11 is 0. The van der Waals surface area contributed by atoms with Gasteiger partial charge in [0.05, 0.1) is 16.7 Å². The molecule has 0 atom stereocenters. The van der Waals surface area contributed by atoms with Crippen LogP contribution in [0.5, 0.6) is 0 Å². The molecule has 186 valence electrons. The lowest BCUT2D eigenvalue weighted by Crippen LogP contribution is -2.40. The van der Waals surface area contributed by atoms with Gasteiger partial charge in [-0.25, -0.2) is 4.79 Å². The minimum atomic E-state index is -0.776. The second-order valence-electron chi connectivity index (χ2n) is 9.49. The molecular formula is C27H27N3O6. The molecule has 4 amide bonds. The lowest BCUT2D eigenvalue weighted by molar-refractivity contribution is -0.119. The van der Waals surface area contributed by atoms with E-state index in [-0.39, 0.29) is 46.5 Å². The highest BCUT2D eigenvalue weighted by Crippen LogP contribution is 2.31. The highest BCUT2D eigenvalue weighted by atomic mass is 16.5. The Bertz CT molecular complexity index is 1250. The molecule has 1 aliphatic heterocycles. The largest absolute Gasteiger partial charge is 0.452 e. The number of nitrogens with zero attached hydrogens (tertiary/aromatic N) is 1. The van der Waals surface area contributed by atoms with Crippen molar-refractivity contribution >= 4 is 35.3 Å². The zero-order valence-corrected chi connectivity index (χ0v) is 19.7. The molecule has 0 radical (unpaired) electrons. The predicted molar refractivity (Wildman–Crippen MR) is 130 cm³/mol. The number of hydrogen-bond acceptors (Lipinski definition) is 6. The third kappa shape index (κ3) is 5.00. The zero-order valence-electron chi connectivity index (χ0n) is 19.7. The first kappa shape index (κ1) is 23.7. The molecule has 9 nitrogen and oxygen atoms in total. The number of hydrogen-bond donors (Lipinski definition) is 2. The van der Waals surface area contributed by atoms with Gasteiger partial charge in [-0.3, -0.25) is 24.1 Å². The van der Waals surface area contributed by atoms with E-state index >= 15 is 0 Å². The van der Waals surface area contributed by atoms with Gasteiger partial charge in [-0.2, -0.15) is 0 Å².